The Morgan fingerprint density at radius 3 is 2.57 bits per heavy atom. The topological polar surface area (TPSA) is 126 Å². The first-order chi connectivity index (χ1) is 14.4. The minimum absolute atomic E-state index is 0.0768. The lowest BCUT2D eigenvalue weighted by Gasteiger charge is -2.25. The maximum absolute atomic E-state index is 12.8. The van der Waals surface area contributed by atoms with Crippen LogP contribution in [0.25, 0.3) is 0 Å². The van der Waals surface area contributed by atoms with Gasteiger partial charge >= 0.3 is 12.0 Å². The van der Waals surface area contributed by atoms with Crippen LogP contribution in [0.5, 0.6) is 0 Å². The van der Waals surface area contributed by atoms with E-state index in [2.05, 4.69) is 21.5 Å². The second-order valence-electron chi connectivity index (χ2n) is 7.58. The molecule has 0 radical (unpaired) electrons. The summed E-state index contributed by atoms with van der Waals surface area (Å²) in [6.07, 6.45) is 2.04. The van der Waals surface area contributed by atoms with Crippen molar-refractivity contribution in [2.45, 2.75) is 58.2 Å². The van der Waals surface area contributed by atoms with Gasteiger partial charge in [0, 0.05) is 6.54 Å². The van der Waals surface area contributed by atoms with Crippen molar-refractivity contribution >= 4 is 23.7 Å². The predicted octanol–water partition coefficient (Wildman–Crippen LogP) is 1.19. The molecule has 2 unspecified atom stereocenters. The lowest BCUT2D eigenvalue weighted by atomic mass is 10.00. The van der Waals surface area contributed by atoms with Crippen molar-refractivity contribution in [1.82, 2.24) is 21.5 Å². The minimum Gasteiger partial charge on any atom is -0.445 e. The lowest BCUT2D eigenvalue weighted by Crippen LogP contribution is -2.56. The number of carbonyl (C=O) groups is 4. The summed E-state index contributed by atoms with van der Waals surface area (Å²) in [5.41, 5.74) is 5.86. The molecule has 3 amide bonds. The largest absolute Gasteiger partial charge is 0.445 e. The number of Topliss-reactive ketones (excluding diaryl/α,β-unsaturated/α-hetero) is 1. The van der Waals surface area contributed by atoms with E-state index in [1.54, 1.807) is 13.8 Å². The molecule has 1 saturated heterocycles. The summed E-state index contributed by atoms with van der Waals surface area (Å²) in [5.74, 6) is -2.29. The molecule has 2 atom stereocenters. The van der Waals surface area contributed by atoms with Crippen LogP contribution < -0.4 is 21.5 Å². The number of benzene rings is 1. The van der Waals surface area contributed by atoms with E-state index < -0.39 is 35.8 Å². The van der Waals surface area contributed by atoms with Gasteiger partial charge in [0.1, 0.15) is 12.6 Å². The van der Waals surface area contributed by atoms with E-state index in [4.69, 9.17) is 4.74 Å². The van der Waals surface area contributed by atoms with Crippen molar-refractivity contribution in [3.05, 3.63) is 35.9 Å². The zero-order valence-electron chi connectivity index (χ0n) is 17.4. The van der Waals surface area contributed by atoms with Gasteiger partial charge in [-0.1, -0.05) is 57.0 Å². The standard InChI is InChI=1S/C21H30N4O5/c1-14(2)17(24-21(29)30-13-15-9-5-3-6-10-15)19(27)23-16-11-7-4-8-12-22-25-20(28)18(16)26/h3,5-6,9-10,14,16-17,22H,4,7-8,11-13H2,1-2H3,(H,23,27)(H,24,29)(H,25,28). The SMILES string of the molecule is CC(C)C(NC(=O)OCc1ccccc1)C(=O)NC1CCCCCNNC(=O)C1=O. The highest BCUT2D eigenvalue weighted by molar-refractivity contribution is 6.38. The van der Waals surface area contributed by atoms with Gasteiger partial charge in [-0.3, -0.25) is 19.8 Å². The summed E-state index contributed by atoms with van der Waals surface area (Å²) in [7, 11) is 0. The van der Waals surface area contributed by atoms with E-state index >= 15 is 0 Å². The van der Waals surface area contributed by atoms with Gasteiger partial charge in [-0.05, 0) is 24.3 Å². The molecule has 30 heavy (non-hydrogen) atoms. The Kier molecular flexibility index (Phi) is 9.27. The molecule has 0 aromatic heterocycles. The van der Waals surface area contributed by atoms with Crippen LogP contribution in [0.1, 0.15) is 45.1 Å². The van der Waals surface area contributed by atoms with E-state index in [-0.39, 0.29) is 12.5 Å². The summed E-state index contributed by atoms with van der Waals surface area (Å²) in [6.45, 7) is 4.20. The number of hydrogen-bond acceptors (Lipinski definition) is 6. The van der Waals surface area contributed by atoms with Crippen molar-refractivity contribution < 1.29 is 23.9 Å². The van der Waals surface area contributed by atoms with Crippen molar-refractivity contribution in [2.24, 2.45) is 5.92 Å². The number of hydrogen-bond donors (Lipinski definition) is 4. The van der Waals surface area contributed by atoms with Crippen LogP contribution >= 0.6 is 0 Å². The predicted molar refractivity (Wildman–Crippen MR) is 110 cm³/mol. The first-order valence-electron chi connectivity index (χ1n) is 10.2. The maximum Gasteiger partial charge on any atom is 0.408 e. The molecule has 9 heteroatoms. The van der Waals surface area contributed by atoms with E-state index in [9.17, 15) is 19.2 Å². The van der Waals surface area contributed by atoms with Crippen LogP contribution in [0, 0.1) is 5.92 Å². The van der Waals surface area contributed by atoms with Crippen LogP contribution in [-0.4, -0.2) is 42.3 Å². The lowest BCUT2D eigenvalue weighted by molar-refractivity contribution is -0.141. The molecule has 1 heterocycles. The molecule has 1 aromatic rings. The molecule has 1 fully saturated rings. The zero-order chi connectivity index (χ0) is 21.9. The van der Waals surface area contributed by atoms with Gasteiger partial charge < -0.3 is 15.4 Å². The Hall–Kier alpha value is -2.94. The van der Waals surface area contributed by atoms with Crippen molar-refractivity contribution in [2.75, 3.05) is 6.54 Å². The van der Waals surface area contributed by atoms with Gasteiger partial charge in [0.05, 0.1) is 6.04 Å². The maximum atomic E-state index is 12.8. The van der Waals surface area contributed by atoms with Gasteiger partial charge in [0.25, 0.3) is 0 Å². The Morgan fingerprint density at radius 2 is 1.87 bits per heavy atom. The molecule has 0 bridgehead atoms. The summed E-state index contributed by atoms with van der Waals surface area (Å²) in [5, 5.41) is 5.18. The van der Waals surface area contributed by atoms with Crippen molar-refractivity contribution in [1.29, 1.82) is 0 Å². The molecule has 9 nitrogen and oxygen atoms in total. The molecule has 0 saturated carbocycles. The average Bonchev–Trinajstić information content (AvgIpc) is 2.73. The third kappa shape index (κ3) is 7.47. The third-order valence-corrected chi connectivity index (χ3v) is 4.79. The fourth-order valence-electron chi connectivity index (χ4n) is 3.06. The molecule has 1 aliphatic rings. The van der Waals surface area contributed by atoms with Crippen molar-refractivity contribution in [3.8, 4) is 0 Å². The van der Waals surface area contributed by atoms with E-state index in [1.165, 1.54) is 0 Å². The Morgan fingerprint density at radius 1 is 1.13 bits per heavy atom. The van der Waals surface area contributed by atoms with E-state index in [0.29, 0.717) is 19.4 Å². The fraction of sp³-hybridized carbons (Fsp3) is 0.524. The first kappa shape index (κ1) is 23.3. The van der Waals surface area contributed by atoms with Gasteiger partial charge in [-0.25, -0.2) is 10.2 Å². The molecule has 0 spiro atoms. The number of ketones is 1. The Bertz CT molecular complexity index is 738. The Labute approximate surface area is 176 Å². The number of ether oxygens (including phenoxy) is 1. The van der Waals surface area contributed by atoms with Crippen molar-refractivity contribution in [3.63, 3.8) is 0 Å². The van der Waals surface area contributed by atoms with Crippen LogP contribution in [0.2, 0.25) is 0 Å². The zero-order valence-corrected chi connectivity index (χ0v) is 17.4. The number of rotatable bonds is 6. The second kappa shape index (κ2) is 11.9. The van der Waals surface area contributed by atoms with E-state index in [0.717, 1.165) is 18.4 Å². The fourth-order valence-corrected chi connectivity index (χ4v) is 3.06. The highest BCUT2D eigenvalue weighted by Crippen LogP contribution is 2.09. The van der Waals surface area contributed by atoms with Gasteiger partial charge in [-0.15, -0.1) is 0 Å². The summed E-state index contributed by atoms with van der Waals surface area (Å²) < 4.78 is 5.18. The van der Waals surface area contributed by atoms with Crippen LogP contribution in [0.15, 0.2) is 30.3 Å². The molecule has 0 aliphatic carbocycles. The summed E-state index contributed by atoms with van der Waals surface area (Å²) in [6, 6.07) is 7.33. The molecular weight excluding hydrogens is 388 g/mol. The van der Waals surface area contributed by atoms with Gasteiger partial charge in [0.2, 0.25) is 11.7 Å². The second-order valence-corrected chi connectivity index (χ2v) is 7.58. The molecule has 1 aromatic carbocycles. The molecule has 4 N–H and O–H groups in total. The quantitative estimate of drug-likeness (QED) is 0.514. The first-order valence-corrected chi connectivity index (χ1v) is 10.2. The van der Waals surface area contributed by atoms with Crippen LogP contribution in [-0.2, 0) is 25.7 Å². The number of hydrazine groups is 1. The number of nitrogens with one attached hydrogen (secondary N) is 4. The van der Waals surface area contributed by atoms with E-state index in [1.807, 2.05) is 30.3 Å². The monoisotopic (exact) mass is 418 g/mol. The highest BCUT2D eigenvalue weighted by atomic mass is 16.5. The average molecular weight is 418 g/mol. The number of carbonyl (C=O) groups excluding carboxylic acids is 4. The molecule has 164 valence electrons. The van der Waals surface area contributed by atoms with Crippen LogP contribution in [0.3, 0.4) is 0 Å². The van der Waals surface area contributed by atoms with Gasteiger partial charge in [0.15, 0.2) is 0 Å². The molecule has 1 aliphatic heterocycles. The number of amides is 3. The summed E-state index contributed by atoms with van der Waals surface area (Å²) in [4.78, 5) is 49.3. The molecule has 2 rings (SSSR count). The van der Waals surface area contributed by atoms with Crippen LogP contribution in [0.4, 0.5) is 4.79 Å². The normalized spacial score (nSPS) is 18.8. The highest BCUT2D eigenvalue weighted by Gasteiger charge is 2.31. The minimum atomic E-state index is -0.944. The summed E-state index contributed by atoms with van der Waals surface area (Å²) >= 11 is 0. The third-order valence-electron chi connectivity index (χ3n) is 4.79. The smallest absolute Gasteiger partial charge is 0.408 e. The molecular formula is C21H30N4O5. The van der Waals surface area contributed by atoms with Gasteiger partial charge in [-0.2, -0.15) is 0 Å². The Balaban J connectivity index is 1.96. The number of alkyl carbamates (subject to hydrolysis) is 1.